The summed E-state index contributed by atoms with van der Waals surface area (Å²) >= 11 is 3.27. The summed E-state index contributed by atoms with van der Waals surface area (Å²) in [5.41, 5.74) is 2.26. The van der Waals surface area contributed by atoms with Gasteiger partial charge in [0.05, 0.1) is 7.11 Å². The molecule has 5 nitrogen and oxygen atoms in total. The van der Waals surface area contributed by atoms with Crippen molar-refractivity contribution in [1.29, 1.82) is 0 Å². The van der Waals surface area contributed by atoms with Crippen LogP contribution in [0.15, 0.2) is 40.9 Å². The summed E-state index contributed by atoms with van der Waals surface area (Å²) in [5.74, 6) is 0.481. The summed E-state index contributed by atoms with van der Waals surface area (Å²) in [6, 6.07) is 10.6. The Morgan fingerprint density at radius 2 is 1.91 bits per heavy atom. The van der Waals surface area contributed by atoms with E-state index in [2.05, 4.69) is 21.2 Å². The van der Waals surface area contributed by atoms with Gasteiger partial charge in [-0.2, -0.15) is 0 Å². The van der Waals surface area contributed by atoms with Crippen LogP contribution in [-0.2, 0) is 4.79 Å². The zero-order valence-corrected chi connectivity index (χ0v) is 14.3. The number of ether oxygens (including phenoxy) is 2. The third-order valence-corrected chi connectivity index (χ3v) is 3.79. The predicted molar refractivity (Wildman–Crippen MR) is 91.4 cm³/mol. The van der Waals surface area contributed by atoms with Crippen molar-refractivity contribution >= 4 is 33.8 Å². The molecule has 0 aliphatic rings. The van der Waals surface area contributed by atoms with Crippen LogP contribution in [0.5, 0.6) is 11.5 Å². The largest absolute Gasteiger partial charge is 0.493 e. The zero-order chi connectivity index (χ0) is 16.8. The first-order valence-electron chi connectivity index (χ1n) is 6.85. The standard InChI is InChI=1S/C17H16BrNO4/c1-11-3-5-13(6-4-11)19-17(21)10-23-16-8-14(18)12(9-20)7-15(16)22-2/h3-9H,10H2,1-2H3,(H,19,21). The SMILES string of the molecule is COc1cc(C=O)c(Br)cc1OCC(=O)Nc1ccc(C)cc1. The molecule has 23 heavy (non-hydrogen) atoms. The molecule has 120 valence electrons. The van der Waals surface area contributed by atoms with E-state index in [9.17, 15) is 9.59 Å². The molecule has 0 unspecified atom stereocenters. The summed E-state index contributed by atoms with van der Waals surface area (Å²) in [4.78, 5) is 22.8. The molecule has 0 spiro atoms. The number of rotatable bonds is 6. The number of hydrogen-bond donors (Lipinski definition) is 1. The molecular weight excluding hydrogens is 362 g/mol. The van der Waals surface area contributed by atoms with Gasteiger partial charge in [-0.1, -0.05) is 17.7 Å². The van der Waals surface area contributed by atoms with Gasteiger partial charge in [0.1, 0.15) is 0 Å². The average molecular weight is 378 g/mol. The minimum absolute atomic E-state index is 0.170. The van der Waals surface area contributed by atoms with E-state index in [1.807, 2.05) is 31.2 Å². The van der Waals surface area contributed by atoms with Crippen LogP contribution >= 0.6 is 15.9 Å². The Kier molecular flexibility index (Phi) is 5.76. The van der Waals surface area contributed by atoms with Gasteiger partial charge < -0.3 is 14.8 Å². The van der Waals surface area contributed by atoms with Crippen LogP contribution in [0.1, 0.15) is 15.9 Å². The Morgan fingerprint density at radius 3 is 2.52 bits per heavy atom. The van der Waals surface area contributed by atoms with Gasteiger partial charge in [0, 0.05) is 15.7 Å². The first-order valence-corrected chi connectivity index (χ1v) is 7.65. The molecule has 0 aromatic heterocycles. The van der Waals surface area contributed by atoms with E-state index in [1.54, 1.807) is 12.1 Å². The maximum absolute atomic E-state index is 11.9. The van der Waals surface area contributed by atoms with Gasteiger partial charge in [0.25, 0.3) is 5.91 Å². The van der Waals surface area contributed by atoms with E-state index in [0.29, 0.717) is 33.5 Å². The van der Waals surface area contributed by atoms with Gasteiger partial charge in [-0.3, -0.25) is 9.59 Å². The highest BCUT2D eigenvalue weighted by atomic mass is 79.9. The lowest BCUT2D eigenvalue weighted by molar-refractivity contribution is -0.118. The van der Waals surface area contributed by atoms with Crippen LogP contribution in [0.3, 0.4) is 0 Å². The van der Waals surface area contributed by atoms with Crippen LogP contribution in [0.2, 0.25) is 0 Å². The second kappa shape index (κ2) is 7.78. The van der Waals surface area contributed by atoms with E-state index in [4.69, 9.17) is 9.47 Å². The number of halogens is 1. The van der Waals surface area contributed by atoms with Crippen LogP contribution in [0.4, 0.5) is 5.69 Å². The number of amides is 1. The maximum atomic E-state index is 11.9. The smallest absolute Gasteiger partial charge is 0.262 e. The molecule has 0 saturated carbocycles. The highest BCUT2D eigenvalue weighted by molar-refractivity contribution is 9.10. The van der Waals surface area contributed by atoms with E-state index in [0.717, 1.165) is 5.56 Å². The minimum atomic E-state index is -0.286. The Bertz CT molecular complexity index is 713. The fourth-order valence-corrected chi connectivity index (χ4v) is 2.31. The number of aryl methyl sites for hydroxylation is 1. The number of benzene rings is 2. The van der Waals surface area contributed by atoms with Crippen molar-refractivity contribution in [3.63, 3.8) is 0 Å². The Balaban J connectivity index is 2.02. The van der Waals surface area contributed by atoms with Crippen LogP contribution in [-0.4, -0.2) is 25.9 Å². The van der Waals surface area contributed by atoms with Crippen molar-refractivity contribution in [2.24, 2.45) is 0 Å². The maximum Gasteiger partial charge on any atom is 0.262 e. The summed E-state index contributed by atoms with van der Waals surface area (Å²) in [5, 5.41) is 2.74. The lowest BCUT2D eigenvalue weighted by atomic mass is 10.2. The Hall–Kier alpha value is -2.34. The number of aldehydes is 1. The molecule has 0 bridgehead atoms. The average Bonchev–Trinajstić information content (AvgIpc) is 2.55. The quantitative estimate of drug-likeness (QED) is 0.781. The lowest BCUT2D eigenvalue weighted by Crippen LogP contribution is -2.20. The molecule has 0 radical (unpaired) electrons. The molecule has 1 N–H and O–H groups in total. The third kappa shape index (κ3) is 4.56. The summed E-state index contributed by atoms with van der Waals surface area (Å²) in [6.45, 7) is 1.80. The van der Waals surface area contributed by atoms with Gasteiger partial charge in [0.15, 0.2) is 24.4 Å². The second-order valence-corrected chi connectivity index (χ2v) is 5.70. The van der Waals surface area contributed by atoms with Crippen molar-refractivity contribution in [2.75, 3.05) is 19.0 Å². The number of carbonyl (C=O) groups excluding carboxylic acids is 2. The molecule has 2 aromatic carbocycles. The molecule has 0 heterocycles. The number of hydrogen-bond acceptors (Lipinski definition) is 4. The zero-order valence-electron chi connectivity index (χ0n) is 12.8. The molecule has 0 aliphatic heterocycles. The van der Waals surface area contributed by atoms with Crippen molar-refractivity contribution < 1.29 is 19.1 Å². The number of nitrogens with one attached hydrogen (secondary N) is 1. The first-order chi connectivity index (χ1) is 11.0. The Labute approximate surface area is 142 Å². The van der Waals surface area contributed by atoms with Gasteiger partial charge in [-0.05, 0) is 47.1 Å². The van der Waals surface area contributed by atoms with E-state index in [-0.39, 0.29) is 12.5 Å². The highest BCUT2D eigenvalue weighted by Gasteiger charge is 2.12. The third-order valence-electron chi connectivity index (χ3n) is 3.10. The van der Waals surface area contributed by atoms with Gasteiger partial charge in [0.2, 0.25) is 0 Å². The van der Waals surface area contributed by atoms with Crippen LogP contribution in [0.25, 0.3) is 0 Å². The Morgan fingerprint density at radius 1 is 1.22 bits per heavy atom. The van der Waals surface area contributed by atoms with E-state index >= 15 is 0 Å². The van der Waals surface area contributed by atoms with Gasteiger partial charge in [-0.25, -0.2) is 0 Å². The molecular formula is C17H16BrNO4. The first kappa shape index (κ1) is 17.0. The summed E-state index contributed by atoms with van der Waals surface area (Å²) in [7, 11) is 1.47. The predicted octanol–water partition coefficient (Wildman–Crippen LogP) is 3.60. The number of carbonyl (C=O) groups is 2. The fourth-order valence-electron chi connectivity index (χ4n) is 1.89. The van der Waals surface area contributed by atoms with Gasteiger partial charge in [-0.15, -0.1) is 0 Å². The van der Waals surface area contributed by atoms with Crippen molar-refractivity contribution in [3.05, 3.63) is 52.0 Å². The normalized spacial score (nSPS) is 10.0. The molecule has 0 saturated heterocycles. The number of methoxy groups -OCH3 is 1. The van der Waals surface area contributed by atoms with Crippen molar-refractivity contribution in [1.82, 2.24) is 0 Å². The fraction of sp³-hybridized carbons (Fsp3) is 0.176. The molecule has 2 aromatic rings. The number of anilines is 1. The second-order valence-electron chi connectivity index (χ2n) is 4.85. The monoisotopic (exact) mass is 377 g/mol. The molecule has 6 heteroatoms. The van der Waals surface area contributed by atoms with Crippen LogP contribution in [0, 0.1) is 6.92 Å². The molecule has 2 rings (SSSR count). The van der Waals surface area contributed by atoms with Crippen molar-refractivity contribution in [2.45, 2.75) is 6.92 Å². The van der Waals surface area contributed by atoms with E-state index < -0.39 is 0 Å². The summed E-state index contributed by atoms with van der Waals surface area (Å²) in [6.07, 6.45) is 0.709. The summed E-state index contributed by atoms with van der Waals surface area (Å²) < 4.78 is 11.2. The lowest BCUT2D eigenvalue weighted by Gasteiger charge is -2.12. The molecule has 0 atom stereocenters. The van der Waals surface area contributed by atoms with Crippen LogP contribution < -0.4 is 14.8 Å². The van der Waals surface area contributed by atoms with Crippen molar-refractivity contribution in [3.8, 4) is 11.5 Å². The topological polar surface area (TPSA) is 64.6 Å². The van der Waals surface area contributed by atoms with Gasteiger partial charge >= 0.3 is 0 Å². The molecule has 1 amide bonds. The highest BCUT2D eigenvalue weighted by Crippen LogP contribution is 2.32. The minimum Gasteiger partial charge on any atom is -0.493 e. The molecule has 0 aliphatic carbocycles. The molecule has 0 fully saturated rings. The van der Waals surface area contributed by atoms with E-state index in [1.165, 1.54) is 7.11 Å².